The molecular formula is C14H15N3OS2. The number of rotatable bonds is 4. The Morgan fingerprint density at radius 3 is 2.85 bits per heavy atom. The fourth-order valence-electron chi connectivity index (χ4n) is 2.43. The van der Waals surface area contributed by atoms with Crippen LogP contribution in [0.2, 0.25) is 0 Å². The van der Waals surface area contributed by atoms with Crippen molar-refractivity contribution < 1.29 is 4.79 Å². The first-order chi connectivity index (χ1) is 9.70. The molecule has 0 bridgehead atoms. The van der Waals surface area contributed by atoms with Crippen LogP contribution in [0.3, 0.4) is 0 Å². The number of nitrogens with one attached hydrogen (secondary N) is 1. The van der Waals surface area contributed by atoms with Crippen LogP contribution in [-0.4, -0.2) is 16.1 Å². The van der Waals surface area contributed by atoms with E-state index in [2.05, 4.69) is 34.6 Å². The summed E-state index contributed by atoms with van der Waals surface area (Å²) < 4.78 is 0. The fraction of sp³-hybridized carbons (Fsp3) is 0.500. The van der Waals surface area contributed by atoms with E-state index in [0.29, 0.717) is 17.0 Å². The van der Waals surface area contributed by atoms with E-state index >= 15 is 0 Å². The van der Waals surface area contributed by atoms with Gasteiger partial charge in [0.15, 0.2) is 0 Å². The molecule has 2 aromatic rings. The van der Waals surface area contributed by atoms with E-state index in [-0.39, 0.29) is 11.8 Å². The molecule has 0 aliphatic heterocycles. The SMILES string of the molecule is Cc1ccc([C@H]2C[C@H]2C(=O)Nc2nnc(C3CC3)s2)s1. The van der Waals surface area contributed by atoms with Crippen molar-refractivity contribution in [2.45, 2.75) is 38.0 Å². The number of aromatic nitrogens is 2. The fourth-order valence-corrected chi connectivity index (χ4v) is 4.40. The lowest BCUT2D eigenvalue weighted by atomic mass is 10.2. The lowest BCUT2D eigenvalue weighted by Crippen LogP contribution is -2.14. The molecule has 0 spiro atoms. The van der Waals surface area contributed by atoms with Crippen molar-refractivity contribution in [2.24, 2.45) is 5.92 Å². The molecule has 2 atom stereocenters. The Morgan fingerprint density at radius 1 is 1.30 bits per heavy atom. The van der Waals surface area contributed by atoms with Crippen LogP contribution < -0.4 is 5.32 Å². The summed E-state index contributed by atoms with van der Waals surface area (Å²) in [6.45, 7) is 2.10. The topological polar surface area (TPSA) is 54.9 Å². The van der Waals surface area contributed by atoms with Gasteiger partial charge in [0, 0.05) is 27.5 Å². The van der Waals surface area contributed by atoms with E-state index in [1.807, 2.05) is 0 Å². The lowest BCUT2D eigenvalue weighted by Gasteiger charge is -1.99. The second-order valence-corrected chi connectivity index (χ2v) is 7.93. The van der Waals surface area contributed by atoms with Crippen molar-refractivity contribution in [3.05, 3.63) is 26.9 Å². The van der Waals surface area contributed by atoms with Gasteiger partial charge in [0.05, 0.1) is 0 Å². The molecule has 2 aromatic heterocycles. The Bertz CT molecular complexity index is 659. The predicted molar refractivity (Wildman–Crippen MR) is 80.4 cm³/mol. The normalized spacial score (nSPS) is 24.6. The molecule has 1 N–H and O–H groups in total. The third-order valence-electron chi connectivity index (χ3n) is 3.85. The van der Waals surface area contributed by atoms with E-state index in [9.17, 15) is 4.79 Å². The van der Waals surface area contributed by atoms with Crippen LogP contribution >= 0.6 is 22.7 Å². The minimum atomic E-state index is 0.0968. The Labute approximate surface area is 125 Å². The number of hydrogen-bond acceptors (Lipinski definition) is 5. The summed E-state index contributed by atoms with van der Waals surface area (Å²) >= 11 is 3.32. The van der Waals surface area contributed by atoms with Gasteiger partial charge in [0.25, 0.3) is 0 Å². The molecule has 0 unspecified atom stereocenters. The molecule has 2 saturated carbocycles. The van der Waals surface area contributed by atoms with Crippen LogP contribution in [-0.2, 0) is 4.79 Å². The van der Waals surface area contributed by atoms with Crippen molar-refractivity contribution in [3.63, 3.8) is 0 Å². The molecule has 2 fully saturated rings. The lowest BCUT2D eigenvalue weighted by molar-refractivity contribution is -0.117. The first-order valence-electron chi connectivity index (χ1n) is 6.91. The molecule has 2 aliphatic rings. The van der Waals surface area contributed by atoms with Crippen molar-refractivity contribution in [1.82, 2.24) is 10.2 Å². The smallest absolute Gasteiger partial charge is 0.229 e. The van der Waals surface area contributed by atoms with Crippen molar-refractivity contribution in [1.29, 1.82) is 0 Å². The monoisotopic (exact) mass is 305 g/mol. The van der Waals surface area contributed by atoms with Crippen LogP contribution in [0.4, 0.5) is 5.13 Å². The Morgan fingerprint density at radius 2 is 2.15 bits per heavy atom. The van der Waals surface area contributed by atoms with Crippen molar-refractivity contribution >= 4 is 33.7 Å². The van der Waals surface area contributed by atoms with Gasteiger partial charge in [0.2, 0.25) is 11.0 Å². The highest BCUT2D eigenvalue weighted by Crippen LogP contribution is 2.50. The second kappa shape index (κ2) is 4.63. The molecule has 4 rings (SSSR count). The van der Waals surface area contributed by atoms with Gasteiger partial charge in [-0.1, -0.05) is 11.3 Å². The average molecular weight is 305 g/mol. The highest BCUT2D eigenvalue weighted by molar-refractivity contribution is 7.15. The van der Waals surface area contributed by atoms with Gasteiger partial charge in [-0.2, -0.15) is 0 Å². The number of hydrogen-bond donors (Lipinski definition) is 1. The van der Waals surface area contributed by atoms with E-state index in [0.717, 1.165) is 11.4 Å². The highest BCUT2D eigenvalue weighted by atomic mass is 32.1. The molecule has 4 nitrogen and oxygen atoms in total. The minimum Gasteiger partial charge on any atom is -0.300 e. The van der Waals surface area contributed by atoms with Crippen LogP contribution in [0.5, 0.6) is 0 Å². The van der Waals surface area contributed by atoms with Crippen molar-refractivity contribution in [2.75, 3.05) is 5.32 Å². The maximum atomic E-state index is 12.2. The van der Waals surface area contributed by atoms with E-state index in [4.69, 9.17) is 0 Å². The van der Waals surface area contributed by atoms with Gasteiger partial charge in [-0.3, -0.25) is 4.79 Å². The summed E-state index contributed by atoms with van der Waals surface area (Å²) in [7, 11) is 0. The molecular weight excluding hydrogens is 290 g/mol. The number of aryl methyl sites for hydroxylation is 1. The largest absolute Gasteiger partial charge is 0.300 e. The summed E-state index contributed by atoms with van der Waals surface area (Å²) in [5.74, 6) is 1.21. The number of amides is 1. The number of carbonyl (C=O) groups is 1. The molecule has 20 heavy (non-hydrogen) atoms. The van der Waals surface area contributed by atoms with Crippen LogP contribution in [0.15, 0.2) is 12.1 Å². The minimum absolute atomic E-state index is 0.0968. The standard InChI is InChI=1S/C14H15N3OS2/c1-7-2-5-11(19-7)9-6-10(9)12(18)15-14-17-16-13(20-14)8-3-4-8/h2,5,8-10H,3-4,6H2,1H3,(H,15,17,18)/t9-,10+/m0/s1. The molecule has 1 amide bonds. The quantitative estimate of drug-likeness (QED) is 0.940. The van der Waals surface area contributed by atoms with Gasteiger partial charge < -0.3 is 5.32 Å². The van der Waals surface area contributed by atoms with Crippen LogP contribution in [0.25, 0.3) is 0 Å². The molecule has 2 heterocycles. The summed E-state index contributed by atoms with van der Waals surface area (Å²) in [6, 6.07) is 4.27. The van der Waals surface area contributed by atoms with Gasteiger partial charge in [-0.25, -0.2) is 0 Å². The number of anilines is 1. The number of carbonyl (C=O) groups excluding carboxylic acids is 1. The predicted octanol–water partition coefficient (Wildman–Crippen LogP) is 3.53. The van der Waals surface area contributed by atoms with Crippen molar-refractivity contribution in [3.8, 4) is 0 Å². The highest BCUT2D eigenvalue weighted by Gasteiger charge is 2.45. The van der Waals surface area contributed by atoms with Gasteiger partial charge in [-0.15, -0.1) is 21.5 Å². The first-order valence-corrected chi connectivity index (χ1v) is 8.54. The number of nitrogens with zero attached hydrogens (tertiary/aromatic N) is 2. The summed E-state index contributed by atoms with van der Waals surface area (Å²) in [4.78, 5) is 14.8. The summed E-state index contributed by atoms with van der Waals surface area (Å²) in [5.41, 5.74) is 0. The molecule has 0 radical (unpaired) electrons. The Kier molecular flexibility index (Phi) is 2.89. The Hall–Kier alpha value is -1.27. The zero-order valence-electron chi connectivity index (χ0n) is 11.1. The van der Waals surface area contributed by atoms with Crippen LogP contribution in [0.1, 0.15) is 45.9 Å². The van der Waals surface area contributed by atoms with E-state index in [1.54, 1.807) is 11.3 Å². The molecule has 6 heteroatoms. The van der Waals surface area contributed by atoms with Gasteiger partial charge in [-0.05, 0) is 38.3 Å². The number of thiophene rings is 1. The zero-order chi connectivity index (χ0) is 13.7. The molecule has 2 aliphatic carbocycles. The van der Waals surface area contributed by atoms with Gasteiger partial charge in [0.1, 0.15) is 5.01 Å². The molecule has 0 aromatic carbocycles. The maximum absolute atomic E-state index is 12.2. The second-order valence-electron chi connectivity index (χ2n) is 5.61. The summed E-state index contributed by atoms with van der Waals surface area (Å²) in [5, 5.41) is 12.9. The molecule has 104 valence electrons. The zero-order valence-corrected chi connectivity index (χ0v) is 12.8. The van der Waals surface area contributed by atoms with Crippen LogP contribution in [0, 0.1) is 12.8 Å². The maximum Gasteiger partial charge on any atom is 0.229 e. The molecule has 0 saturated heterocycles. The Balaban J connectivity index is 1.38. The third-order valence-corrected chi connectivity index (χ3v) is 5.98. The summed E-state index contributed by atoms with van der Waals surface area (Å²) in [6.07, 6.45) is 3.39. The van der Waals surface area contributed by atoms with E-state index in [1.165, 1.54) is 33.9 Å². The average Bonchev–Trinajstić information content (AvgIpc) is 3.34. The van der Waals surface area contributed by atoms with Gasteiger partial charge >= 0.3 is 0 Å². The first kappa shape index (κ1) is 12.5. The van der Waals surface area contributed by atoms with E-state index < -0.39 is 0 Å². The third kappa shape index (κ3) is 2.38.